The molecule has 2 rings (SSSR count). The highest BCUT2D eigenvalue weighted by atomic mass is 15.2. The van der Waals surface area contributed by atoms with Gasteiger partial charge in [0, 0.05) is 38.6 Å². The van der Waals surface area contributed by atoms with Crippen molar-refractivity contribution in [3.05, 3.63) is 0 Å². The summed E-state index contributed by atoms with van der Waals surface area (Å²) < 4.78 is 0. The first-order valence-electron chi connectivity index (χ1n) is 5.94. The van der Waals surface area contributed by atoms with Crippen molar-refractivity contribution in [1.29, 1.82) is 0 Å². The Morgan fingerprint density at radius 2 is 2.07 bits per heavy atom. The van der Waals surface area contributed by atoms with E-state index in [0.29, 0.717) is 5.92 Å². The van der Waals surface area contributed by atoms with Crippen molar-refractivity contribution in [1.82, 2.24) is 15.1 Å². The second-order valence-corrected chi connectivity index (χ2v) is 4.60. The number of likely N-dealkylation sites (tertiary alicyclic amines) is 1. The minimum atomic E-state index is 0.623. The van der Waals surface area contributed by atoms with E-state index in [-0.39, 0.29) is 0 Å². The van der Waals surface area contributed by atoms with Gasteiger partial charge in [-0.05, 0) is 20.0 Å². The van der Waals surface area contributed by atoms with Gasteiger partial charge in [0.15, 0.2) is 0 Å². The zero-order valence-corrected chi connectivity index (χ0v) is 9.63. The van der Waals surface area contributed by atoms with Crippen molar-refractivity contribution in [2.24, 2.45) is 5.92 Å². The third-order valence-corrected chi connectivity index (χ3v) is 3.21. The van der Waals surface area contributed by atoms with E-state index >= 15 is 0 Å². The maximum Gasteiger partial charge on any atom is 0.0602 e. The molecule has 2 fully saturated rings. The van der Waals surface area contributed by atoms with Crippen LogP contribution in [0, 0.1) is 17.8 Å². The largest absolute Gasteiger partial charge is 0.314 e. The summed E-state index contributed by atoms with van der Waals surface area (Å²) in [4.78, 5) is 4.80. The van der Waals surface area contributed by atoms with E-state index in [1.807, 2.05) is 0 Å². The molecule has 0 aromatic carbocycles. The quantitative estimate of drug-likeness (QED) is 0.603. The Morgan fingerprint density at radius 3 is 2.73 bits per heavy atom. The van der Waals surface area contributed by atoms with Gasteiger partial charge >= 0.3 is 0 Å². The molecule has 2 aliphatic heterocycles. The maximum absolute atomic E-state index is 3.41. The lowest BCUT2D eigenvalue weighted by molar-refractivity contribution is 0.268. The van der Waals surface area contributed by atoms with Crippen LogP contribution in [0.25, 0.3) is 0 Å². The minimum Gasteiger partial charge on any atom is -0.314 e. The van der Waals surface area contributed by atoms with E-state index < -0.39 is 0 Å². The Labute approximate surface area is 92.8 Å². The minimum absolute atomic E-state index is 0.623. The van der Waals surface area contributed by atoms with Crippen LogP contribution in [0.2, 0.25) is 0 Å². The van der Waals surface area contributed by atoms with Crippen molar-refractivity contribution in [2.45, 2.75) is 6.42 Å². The van der Waals surface area contributed by atoms with Gasteiger partial charge < -0.3 is 10.2 Å². The molecule has 0 spiro atoms. The lowest BCUT2D eigenvalue weighted by Crippen LogP contribution is -2.43. The average molecular weight is 207 g/mol. The van der Waals surface area contributed by atoms with Crippen LogP contribution in [0.15, 0.2) is 0 Å². The number of piperazine rings is 1. The van der Waals surface area contributed by atoms with Gasteiger partial charge in [-0.15, -0.1) is 0 Å². The molecule has 0 aliphatic carbocycles. The highest BCUT2D eigenvalue weighted by Crippen LogP contribution is 2.12. The molecule has 3 nitrogen and oxygen atoms in total. The van der Waals surface area contributed by atoms with Gasteiger partial charge in [0.25, 0.3) is 0 Å². The van der Waals surface area contributed by atoms with Crippen LogP contribution in [0.1, 0.15) is 6.42 Å². The second-order valence-electron chi connectivity index (χ2n) is 4.60. The van der Waals surface area contributed by atoms with Gasteiger partial charge in [-0.3, -0.25) is 4.90 Å². The van der Waals surface area contributed by atoms with Crippen molar-refractivity contribution < 1.29 is 0 Å². The predicted octanol–water partition coefficient (Wildman–Crippen LogP) is -0.153. The Hall–Kier alpha value is -0.560. The molecule has 1 atom stereocenters. The summed E-state index contributed by atoms with van der Waals surface area (Å²) in [5, 5.41) is 3.36. The SMILES string of the molecule is CN1CCC(C#CCN2CCNCC2)C1. The van der Waals surface area contributed by atoms with E-state index in [1.54, 1.807) is 0 Å². The molecule has 1 N–H and O–H groups in total. The fourth-order valence-electron chi connectivity index (χ4n) is 2.22. The number of hydrogen-bond acceptors (Lipinski definition) is 3. The molecule has 0 radical (unpaired) electrons. The van der Waals surface area contributed by atoms with Crippen molar-refractivity contribution >= 4 is 0 Å². The van der Waals surface area contributed by atoms with Gasteiger partial charge in [0.2, 0.25) is 0 Å². The summed E-state index contributed by atoms with van der Waals surface area (Å²) >= 11 is 0. The van der Waals surface area contributed by atoms with E-state index in [4.69, 9.17) is 0 Å². The summed E-state index contributed by atoms with van der Waals surface area (Å²) in [5.41, 5.74) is 0. The molecule has 0 amide bonds. The third-order valence-electron chi connectivity index (χ3n) is 3.21. The van der Waals surface area contributed by atoms with Gasteiger partial charge in [-0.25, -0.2) is 0 Å². The molecule has 0 aromatic rings. The fourth-order valence-corrected chi connectivity index (χ4v) is 2.22. The number of nitrogens with zero attached hydrogens (tertiary/aromatic N) is 2. The first-order chi connectivity index (χ1) is 7.34. The maximum atomic E-state index is 3.41. The molecule has 15 heavy (non-hydrogen) atoms. The Kier molecular flexibility index (Phi) is 4.01. The fraction of sp³-hybridized carbons (Fsp3) is 0.833. The van der Waals surface area contributed by atoms with Crippen molar-refractivity contribution in [2.75, 3.05) is 52.9 Å². The van der Waals surface area contributed by atoms with Crippen LogP contribution in [-0.2, 0) is 0 Å². The van der Waals surface area contributed by atoms with Gasteiger partial charge in [0.05, 0.1) is 6.54 Å². The van der Waals surface area contributed by atoms with Crippen LogP contribution < -0.4 is 5.32 Å². The normalized spacial score (nSPS) is 28.7. The monoisotopic (exact) mass is 207 g/mol. The summed E-state index contributed by atoms with van der Waals surface area (Å²) in [5.74, 6) is 7.37. The van der Waals surface area contributed by atoms with E-state index in [0.717, 1.165) is 39.3 Å². The molecule has 3 heteroatoms. The highest BCUT2D eigenvalue weighted by molar-refractivity contribution is 5.08. The van der Waals surface area contributed by atoms with Crippen LogP contribution in [0.5, 0.6) is 0 Å². The van der Waals surface area contributed by atoms with Crippen LogP contribution in [-0.4, -0.2) is 62.7 Å². The molecule has 2 heterocycles. The van der Waals surface area contributed by atoms with Crippen LogP contribution >= 0.6 is 0 Å². The number of rotatable bonds is 1. The molecule has 84 valence electrons. The zero-order chi connectivity index (χ0) is 10.5. The highest BCUT2D eigenvalue weighted by Gasteiger charge is 2.16. The second kappa shape index (κ2) is 5.50. The molecule has 0 aromatic heterocycles. The average Bonchev–Trinajstić information content (AvgIpc) is 2.66. The van der Waals surface area contributed by atoms with Gasteiger partial charge in [-0.2, -0.15) is 0 Å². The molecule has 2 aliphatic rings. The van der Waals surface area contributed by atoms with E-state index in [9.17, 15) is 0 Å². The molecular formula is C12H21N3. The van der Waals surface area contributed by atoms with E-state index in [2.05, 4.69) is 34.0 Å². The summed E-state index contributed by atoms with van der Waals surface area (Å²) in [6.45, 7) is 7.88. The first kappa shape index (κ1) is 10.9. The molecule has 1 unspecified atom stereocenters. The number of hydrogen-bond donors (Lipinski definition) is 1. The first-order valence-corrected chi connectivity index (χ1v) is 5.94. The lowest BCUT2D eigenvalue weighted by atomic mass is 10.1. The molecule has 0 saturated carbocycles. The van der Waals surface area contributed by atoms with E-state index in [1.165, 1.54) is 13.0 Å². The van der Waals surface area contributed by atoms with Gasteiger partial charge in [0.1, 0.15) is 0 Å². The molecule has 0 bridgehead atoms. The third kappa shape index (κ3) is 3.49. The topological polar surface area (TPSA) is 18.5 Å². The molecular weight excluding hydrogens is 186 g/mol. The number of nitrogens with one attached hydrogen (secondary N) is 1. The van der Waals surface area contributed by atoms with Crippen LogP contribution in [0.4, 0.5) is 0 Å². The van der Waals surface area contributed by atoms with Crippen molar-refractivity contribution in [3.8, 4) is 11.8 Å². The Bertz CT molecular complexity index is 247. The standard InChI is InChI=1S/C12H21N3/c1-14-8-4-12(11-14)3-2-7-15-9-5-13-6-10-15/h12-13H,4-11H2,1H3. The Morgan fingerprint density at radius 1 is 1.27 bits per heavy atom. The smallest absolute Gasteiger partial charge is 0.0602 e. The van der Waals surface area contributed by atoms with Gasteiger partial charge in [-0.1, -0.05) is 11.8 Å². The summed E-state index contributed by atoms with van der Waals surface area (Å²) in [6, 6.07) is 0. The molecule has 2 saturated heterocycles. The lowest BCUT2D eigenvalue weighted by Gasteiger charge is -2.24. The predicted molar refractivity (Wildman–Crippen MR) is 62.7 cm³/mol. The van der Waals surface area contributed by atoms with Crippen LogP contribution in [0.3, 0.4) is 0 Å². The zero-order valence-electron chi connectivity index (χ0n) is 9.63. The summed E-state index contributed by atoms with van der Waals surface area (Å²) in [7, 11) is 2.18. The van der Waals surface area contributed by atoms with Crippen molar-refractivity contribution in [3.63, 3.8) is 0 Å². The summed E-state index contributed by atoms with van der Waals surface area (Å²) in [6.07, 6.45) is 1.26. The Balaban J connectivity index is 1.70.